The number of nitrogens with zero attached hydrogens (tertiary/aromatic N) is 2. The SMILES string of the molecule is [C-]#[N+]c1cc(Oc2c(F)cc3c(ccn3S(=O)(=O)c3ccccc3)c2CSC(C)=O)ccc1F. The van der Waals surface area contributed by atoms with Gasteiger partial charge in [0, 0.05) is 35.9 Å². The Morgan fingerprint density at radius 3 is 2.50 bits per heavy atom. The van der Waals surface area contributed by atoms with E-state index in [-0.39, 0.29) is 44.0 Å². The molecule has 4 aromatic rings. The lowest BCUT2D eigenvalue weighted by Crippen LogP contribution is -2.12. The lowest BCUT2D eigenvalue weighted by Gasteiger charge is -2.15. The van der Waals surface area contributed by atoms with Gasteiger partial charge in [-0.2, -0.15) is 0 Å². The van der Waals surface area contributed by atoms with E-state index in [1.807, 2.05) is 0 Å². The van der Waals surface area contributed by atoms with Crippen LogP contribution in [0.25, 0.3) is 15.7 Å². The Labute approximate surface area is 198 Å². The van der Waals surface area contributed by atoms with Gasteiger partial charge in [-0.15, -0.1) is 0 Å². The summed E-state index contributed by atoms with van der Waals surface area (Å²) in [5, 5.41) is 0.147. The minimum atomic E-state index is -4.01. The summed E-state index contributed by atoms with van der Waals surface area (Å²) in [6.07, 6.45) is 1.31. The first-order chi connectivity index (χ1) is 16.2. The van der Waals surface area contributed by atoms with Crippen LogP contribution in [0.4, 0.5) is 14.5 Å². The first kappa shape index (κ1) is 23.5. The Kier molecular flexibility index (Phi) is 6.41. The van der Waals surface area contributed by atoms with Crippen LogP contribution in [-0.4, -0.2) is 17.5 Å². The second-order valence-corrected chi connectivity index (χ2v) is 10.1. The fourth-order valence-electron chi connectivity index (χ4n) is 3.38. The van der Waals surface area contributed by atoms with Crippen LogP contribution in [0.3, 0.4) is 0 Å². The molecule has 0 N–H and O–H groups in total. The molecule has 34 heavy (non-hydrogen) atoms. The number of carbonyl (C=O) groups is 1. The average molecular weight is 499 g/mol. The molecule has 0 fully saturated rings. The highest BCUT2D eigenvalue weighted by molar-refractivity contribution is 8.12. The van der Waals surface area contributed by atoms with Gasteiger partial charge in [-0.3, -0.25) is 4.79 Å². The zero-order valence-corrected chi connectivity index (χ0v) is 19.3. The molecule has 0 aliphatic rings. The number of fused-ring (bicyclic) bond motifs is 1. The van der Waals surface area contributed by atoms with Crippen molar-refractivity contribution in [2.75, 3.05) is 0 Å². The molecular formula is C24H16F2N2O4S2. The van der Waals surface area contributed by atoms with Gasteiger partial charge in [-0.25, -0.2) is 26.0 Å². The average Bonchev–Trinajstić information content (AvgIpc) is 3.24. The largest absolute Gasteiger partial charge is 0.455 e. The summed E-state index contributed by atoms with van der Waals surface area (Å²) in [5.41, 5.74) is 0.0402. The summed E-state index contributed by atoms with van der Waals surface area (Å²) in [6, 6.07) is 13.7. The molecule has 0 atom stereocenters. The number of benzene rings is 3. The molecule has 0 aliphatic carbocycles. The summed E-state index contributed by atoms with van der Waals surface area (Å²) >= 11 is 0.903. The van der Waals surface area contributed by atoms with Gasteiger partial charge < -0.3 is 4.74 Å². The van der Waals surface area contributed by atoms with Gasteiger partial charge in [0.1, 0.15) is 11.6 Å². The fraction of sp³-hybridized carbons (Fsp3) is 0.0833. The first-order valence-electron chi connectivity index (χ1n) is 9.83. The second-order valence-electron chi connectivity index (χ2n) is 7.14. The van der Waals surface area contributed by atoms with Crippen molar-refractivity contribution in [1.82, 2.24) is 3.97 Å². The number of thioether (sulfide) groups is 1. The van der Waals surface area contributed by atoms with E-state index in [1.54, 1.807) is 18.2 Å². The highest BCUT2D eigenvalue weighted by Gasteiger charge is 2.24. The Morgan fingerprint density at radius 2 is 1.82 bits per heavy atom. The van der Waals surface area contributed by atoms with Crippen molar-refractivity contribution < 1.29 is 26.7 Å². The number of ether oxygens (including phenoxy) is 1. The molecule has 172 valence electrons. The molecule has 0 amide bonds. The van der Waals surface area contributed by atoms with E-state index in [4.69, 9.17) is 11.3 Å². The molecule has 0 saturated carbocycles. The highest BCUT2D eigenvalue weighted by atomic mass is 32.2. The van der Waals surface area contributed by atoms with Crippen LogP contribution in [0.2, 0.25) is 0 Å². The molecule has 0 bridgehead atoms. The normalized spacial score (nSPS) is 11.4. The third-order valence-electron chi connectivity index (χ3n) is 4.95. The standard InChI is InChI=1S/C24H16F2N2O4S2/c1-15(29)33-14-19-18-10-11-28(34(30,31)17-6-4-3-5-7-17)23(18)13-21(26)24(19)32-16-8-9-20(25)22(12-16)27-2/h3-13H,14H2,1H3. The molecular weight excluding hydrogens is 482 g/mol. The number of rotatable bonds is 6. The molecule has 0 saturated heterocycles. The smallest absolute Gasteiger partial charge is 0.268 e. The Hall–Kier alpha value is -3.68. The quantitative estimate of drug-likeness (QED) is 0.293. The molecule has 0 unspecified atom stereocenters. The van der Waals surface area contributed by atoms with Crippen LogP contribution in [-0.2, 0) is 20.6 Å². The van der Waals surface area contributed by atoms with Crippen molar-refractivity contribution in [3.63, 3.8) is 0 Å². The third kappa shape index (κ3) is 4.40. The van der Waals surface area contributed by atoms with Crippen LogP contribution >= 0.6 is 11.8 Å². The summed E-state index contributed by atoms with van der Waals surface area (Å²) < 4.78 is 62.0. The number of carbonyl (C=O) groups excluding carboxylic acids is 1. The predicted molar refractivity (Wildman–Crippen MR) is 126 cm³/mol. The number of hydrogen-bond donors (Lipinski definition) is 0. The van der Waals surface area contributed by atoms with Crippen molar-refractivity contribution in [2.24, 2.45) is 0 Å². The van der Waals surface area contributed by atoms with E-state index in [0.717, 1.165) is 33.9 Å². The van der Waals surface area contributed by atoms with E-state index < -0.39 is 21.7 Å². The van der Waals surface area contributed by atoms with Crippen molar-refractivity contribution in [3.8, 4) is 11.5 Å². The van der Waals surface area contributed by atoms with E-state index in [0.29, 0.717) is 5.39 Å². The van der Waals surface area contributed by atoms with Crippen LogP contribution in [0.15, 0.2) is 71.8 Å². The van der Waals surface area contributed by atoms with Crippen LogP contribution in [0.5, 0.6) is 11.5 Å². The van der Waals surface area contributed by atoms with Gasteiger partial charge in [-0.1, -0.05) is 30.0 Å². The summed E-state index contributed by atoms with van der Waals surface area (Å²) in [6.45, 7) is 8.41. The van der Waals surface area contributed by atoms with Gasteiger partial charge in [0.2, 0.25) is 5.69 Å². The van der Waals surface area contributed by atoms with Crippen molar-refractivity contribution >= 4 is 43.5 Å². The van der Waals surface area contributed by atoms with Crippen LogP contribution in [0.1, 0.15) is 12.5 Å². The lowest BCUT2D eigenvalue weighted by atomic mass is 10.1. The van der Waals surface area contributed by atoms with E-state index in [1.165, 1.54) is 37.4 Å². The molecule has 1 aromatic heterocycles. The third-order valence-corrected chi connectivity index (χ3v) is 7.49. The molecule has 10 heteroatoms. The van der Waals surface area contributed by atoms with Gasteiger partial charge in [0.05, 0.1) is 17.0 Å². The highest BCUT2D eigenvalue weighted by Crippen LogP contribution is 2.39. The van der Waals surface area contributed by atoms with Crippen molar-refractivity contribution in [2.45, 2.75) is 17.6 Å². The maximum Gasteiger partial charge on any atom is 0.268 e. The fourth-order valence-corrected chi connectivity index (χ4v) is 5.37. The predicted octanol–water partition coefficient (Wildman–Crippen LogP) is 6.28. The number of hydrogen-bond acceptors (Lipinski definition) is 5. The summed E-state index contributed by atoms with van der Waals surface area (Å²) in [4.78, 5) is 14.7. The van der Waals surface area contributed by atoms with Crippen LogP contribution in [0, 0.1) is 18.2 Å². The van der Waals surface area contributed by atoms with E-state index in [2.05, 4.69) is 4.85 Å². The van der Waals surface area contributed by atoms with Gasteiger partial charge in [0.25, 0.3) is 10.0 Å². The molecule has 0 aliphatic heterocycles. The number of halogens is 2. The lowest BCUT2D eigenvalue weighted by molar-refractivity contribution is -0.109. The van der Waals surface area contributed by atoms with Gasteiger partial charge in [-0.05, 0) is 36.4 Å². The van der Waals surface area contributed by atoms with Crippen molar-refractivity contribution in [1.29, 1.82) is 0 Å². The maximum absolute atomic E-state index is 15.3. The Bertz CT molecular complexity index is 1560. The number of aromatic nitrogens is 1. The first-order valence-corrected chi connectivity index (χ1v) is 12.3. The van der Waals surface area contributed by atoms with Gasteiger partial charge in [0.15, 0.2) is 16.7 Å². The zero-order chi connectivity index (χ0) is 24.5. The molecule has 3 aromatic carbocycles. The molecule has 6 nitrogen and oxygen atoms in total. The van der Waals surface area contributed by atoms with E-state index in [9.17, 15) is 17.6 Å². The molecule has 0 radical (unpaired) electrons. The monoisotopic (exact) mass is 498 g/mol. The summed E-state index contributed by atoms with van der Waals surface area (Å²) in [5.74, 6) is -1.82. The summed E-state index contributed by atoms with van der Waals surface area (Å²) in [7, 11) is -4.01. The topological polar surface area (TPSA) is 69.7 Å². The van der Waals surface area contributed by atoms with Crippen molar-refractivity contribution in [3.05, 3.63) is 95.5 Å². The minimum absolute atomic E-state index is 0.00515. The zero-order valence-electron chi connectivity index (χ0n) is 17.7. The Morgan fingerprint density at radius 1 is 1.09 bits per heavy atom. The minimum Gasteiger partial charge on any atom is -0.455 e. The molecule has 4 rings (SSSR count). The van der Waals surface area contributed by atoms with E-state index >= 15 is 4.39 Å². The maximum atomic E-state index is 15.3. The van der Waals surface area contributed by atoms with Crippen LogP contribution < -0.4 is 4.74 Å². The van der Waals surface area contributed by atoms with Gasteiger partial charge >= 0.3 is 0 Å². The Balaban J connectivity index is 1.89. The second kappa shape index (κ2) is 9.29. The molecule has 1 heterocycles. The molecule has 0 spiro atoms.